The molecular weight excluding hydrogens is 517 g/mol. The van der Waals surface area contributed by atoms with Crippen molar-refractivity contribution in [3.8, 4) is 0 Å². The van der Waals surface area contributed by atoms with Gasteiger partial charge in [0.25, 0.3) is 0 Å². The predicted octanol–water partition coefficient (Wildman–Crippen LogP) is 3.87. The molecule has 0 radical (unpaired) electrons. The van der Waals surface area contributed by atoms with Crippen LogP contribution in [0.5, 0.6) is 0 Å². The standard InChI is InChI=1S/C24H38N5O8P/c1-21(2,3)19(30)33-13-36-38(32,37-14-34-20(31)22(4,5)6)15-35-24(9-23(24,7)8)10-29-12-28-16-17(25)26-11-27-18(16)29/h11-12H,9-10,13-15H2,1-8H3,(H2,25,26,27). The molecule has 2 aromatic rings. The van der Waals surface area contributed by atoms with Gasteiger partial charge in [-0.1, -0.05) is 13.8 Å². The summed E-state index contributed by atoms with van der Waals surface area (Å²) in [5, 5.41) is 0. The molecule has 1 saturated carbocycles. The van der Waals surface area contributed by atoms with E-state index >= 15 is 0 Å². The van der Waals surface area contributed by atoms with Gasteiger partial charge in [0.1, 0.15) is 18.2 Å². The van der Waals surface area contributed by atoms with E-state index in [1.165, 1.54) is 6.33 Å². The molecule has 0 aromatic carbocycles. The monoisotopic (exact) mass is 555 g/mol. The smallest absolute Gasteiger partial charge is 0.361 e. The summed E-state index contributed by atoms with van der Waals surface area (Å²) in [6.07, 6.45) is 3.12. The number of rotatable bonds is 11. The average molecular weight is 556 g/mol. The Hall–Kier alpha value is -2.60. The van der Waals surface area contributed by atoms with E-state index in [2.05, 4.69) is 15.0 Å². The number of imidazole rings is 1. The van der Waals surface area contributed by atoms with Crippen LogP contribution in [0, 0.1) is 16.2 Å². The molecule has 1 fully saturated rings. The van der Waals surface area contributed by atoms with E-state index < -0.39 is 55.9 Å². The third kappa shape index (κ3) is 6.88. The summed E-state index contributed by atoms with van der Waals surface area (Å²) < 4.78 is 42.6. The molecule has 1 atom stereocenters. The molecule has 0 amide bonds. The van der Waals surface area contributed by atoms with Gasteiger partial charge >= 0.3 is 19.5 Å². The Bertz CT molecular complexity index is 1200. The third-order valence-electron chi connectivity index (χ3n) is 6.29. The fraction of sp³-hybridized carbons (Fsp3) is 0.708. The molecule has 13 nitrogen and oxygen atoms in total. The molecule has 3 rings (SSSR count). The second kappa shape index (κ2) is 10.5. The van der Waals surface area contributed by atoms with Gasteiger partial charge in [-0.05, 0) is 53.4 Å². The van der Waals surface area contributed by atoms with Gasteiger partial charge in [-0.15, -0.1) is 0 Å². The van der Waals surface area contributed by atoms with E-state index in [0.717, 1.165) is 0 Å². The number of aromatic nitrogens is 4. The zero-order valence-corrected chi connectivity index (χ0v) is 24.2. The van der Waals surface area contributed by atoms with Crippen molar-refractivity contribution in [1.82, 2.24) is 19.5 Å². The summed E-state index contributed by atoms with van der Waals surface area (Å²) >= 11 is 0. The summed E-state index contributed by atoms with van der Waals surface area (Å²) in [6.45, 7) is 13.2. The molecular formula is C24H38N5O8P. The van der Waals surface area contributed by atoms with Crippen LogP contribution >= 0.6 is 7.60 Å². The van der Waals surface area contributed by atoms with Crippen LogP contribution in [0.4, 0.5) is 5.82 Å². The zero-order valence-electron chi connectivity index (χ0n) is 23.3. The van der Waals surface area contributed by atoms with Gasteiger partial charge in [0, 0.05) is 0 Å². The lowest BCUT2D eigenvalue weighted by atomic mass is 9.98. The minimum Gasteiger partial charge on any atom is -0.438 e. The number of nitrogens with two attached hydrogens (primary N) is 1. The summed E-state index contributed by atoms with van der Waals surface area (Å²) in [6, 6.07) is 0. The third-order valence-corrected chi connectivity index (χ3v) is 7.74. The maximum atomic E-state index is 13.6. The lowest BCUT2D eigenvalue weighted by molar-refractivity contribution is -0.162. The SMILES string of the molecule is CC(C)(C)C(=O)OCOP(=O)(COC1(Cn2cnc3c(N)ncnc32)CC1(C)C)OCOC(=O)C(C)(C)C. The predicted molar refractivity (Wildman–Crippen MR) is 137 cm³/mol. The molecule has 1 aliphatic rings. The van der Waals surface area contributed by atoms with Crippen molar-refractivity contribution in [3.05, 3.63) is 12.7 Å². The van der Waals surface area contributed by atoms with Crippen molar-refractivity contribution < 1.29 is 37.4 Å². The van der Waals surface area contributed by atoms with Crippen LogP contribution in [0.2, 0.25) is 0 Å². The quantitative estimate of drug-likeness (QED) is 0.242. The molecule has 1 aliphatic carbocycles. The van der Waals surface area contributed by atoms with E-state index in [9.17, 15) is 14.2 Å². The Balaban J connectivity index is 1.73. The van der Waals surface area contributed by atoms with Crippen LogP contribution in [0.1, 0.15) is 61.8 Å². The summed E-state index contributed by atoms with van der Waals surface area (Å²) in [4.78, 5) is 36.8. The molecule has 14 heteroatoms. The van der Waals surface area contributed by atoms with Gasteiger partial charge in [-0.3, -0.25) is 23.2 Å². The molecule has 1 unspecified atom stereocenters. The number of hydrogen-bond donors (Lipinski definition) is 1. The van der Waals surface area contributed by atoms with Crippen molar-refractivity contribution in [2.45, 2.75) is 74.0 Å². The summed E-state index contributed by atoms with van der Waals surface area (Å²) in [5.74, 6) is -0.825. The first-order valence-corrected chi connectivity index (χ1v) is 13.9. The van der Waals surface area contributed by atoms with E-state index in [4.69, 9.17) is 29.0 Å². The van der Waals surface area contributed by atoms with Crippen LogP contribution in [0.15, 0.2) is 12.7 Å². The second-order valence-electron chi connectivity index (χ2n) is 12.1. The summed E-state index contributed by atoms with van der Waals surface area (Å²) in [7, 11) is -4.04. The molecule has 2 N–H and O–H groups in total. The molecule has 2 heterocycles. The molecule has 212 valence electrons. The lowest BCUT2D eigenvalue weighted by Gasteiger charge is -2.26. The highest BCUT2D eigenvalue weighted by molar-refractivity contribution is 7.53. The van der Waals surface area contributed by atoms with E-state index in [1.807, 2.05) is 13.8 Å². The molecule has 0 aliphatic heterocycles. The number of nitrogens with zero attached hydrogens (tertiary/aromatic N) is 4. The van der Waals surface area contributed by atoms with Gasteiger partial charge in [0.05, 0.1) is 29.3 Å². The first kappa shape index (κ1) is 29.9. The van der Waals surface area contributed by atoms with Crippen molar-refractivity contribution in [2.24, 2.45) is 16.2 Å². The van der Waals surface area contributed by atoms with Gasteiger partial charge in [0.2, 0.25) is 13.6 Å². The van der Waals surface area contributed by atoms with Crippen molar-refractivity contribution in [2.75, 3.05) is 25.7 Å². The maximum absolute atomic E-state index is 13.6. The Morgan fingerprint density at radius 1 is 1.00 bits per heavy atom. The highest BCUT2D eigenvalue weighted by atomic mass is 31.2. The van der Waals surface area contributed by atoms with Crippen LogP contribution in [0.25, 0.3) is 11.2 Å². The van der Waals surface area contributed by atoms with Gasteiger partial charge in [0.15, 0.2) is 11.5 Å². The average Bonchev–Trinajstić information content (AvgIpc) is 3.10. The molecule has 0 spiro atoms. The Morgan fingerprint density at radius 3 is 2.00 bits per heavy atom. The van der Waals surface area contributed by atoms with Crippen molar-refractivity contribution in [1.29, 1.82) is 0 Å². The van der Waals surface area contributed by atoms with Crippen LogP contribution in [-0.2, 0) is 44.0 Å². The number of anilines is 1. The van der Waals surface area contributed by atoms with Gasteiger partial charge in [-0.2, -0.15) is 0 Å². The fourth-order valence-electron chi connectivity index (χ4n) is 3.59. The molecule has 2 aromatic heterocycles. The van der Waals surface area contributed by atoms with Crippen LogP contribution in [0.3, 0.4) is 0 Å². The fourth-order valence-corrected chi connectivity index (χ4v) is 4.64. The number of esters is 2. The lowest BCUT2D eigenvalue weighted by Crippen LogP contribution is -2.29. The zero-order chi connectivity index (χ0) is 28.6. The first-order chi connectivity index (χ1) is 17.4. The Morgan fingerprint density at radius 2 is 1.53 bits per heavy atom. The highest BCUT2D eigenvalue weighted by Crippen LogP contribution is 2.62. The van der Waals surface area contributed by atoms with Crippen LogP contribution < -0.4 is 5.73 Å². The molecule has 0 saturated heterocycles. The minimum atomic E-state index is -4.04. The second-order valence-corrected chi connectivity index (χ2v) is 14.1. The number of ether oxygens (including phenoxy) is 3. The number of carbonyl (C=O) groups is 2. The number of carbonyl (C=O) groups excluding carboxylic acids is 2. The van der Waals surface area contributed by atoms with Crippen molar-refractivity contribution in [3.63, 3.8) is 0 Å². The summed E-state index contributed by atoms with van der Waals surface area (Å²) in [5.41, 5.74) is 4.31. The normalized spacial score (nSPS) is 19.4. The topological polar surface area (TPSA) is 167 Å². The Kier molecular flexibility index (Phi) is 8.29. The number of nitrogen functional groups attached to an aromatic ring is 1. The van der Waals surface area contributed by atoms with E-state index in [-0.39, 0.29) is 11.2 Å². The number of hydrogen-bond acceptors (Lipinski definition) is 12. The van der Waals surface area contributed by atoms with E-state index in [0.29, 0.717) is 24.1 Å². The van der Waals surface area contributed by atoms with Crippen molar-refractivity contribution >= 4 is 36.5 Å². The van der Waals surface area contributed by atoms with E-state index in [1.54, 1.807) is 52.4 Å². The molecule has 0 bridgehead atoms. The van der Waals surface area contributed by atoms with Gasteiger partial charge < -0.3 is 24.5 Å². The van der Waals surface area contributed by atoms with Gasteiger partial charge in [-0.25, -0.2) is 15.0 Å². The minimum absolute atomic E-state index is 0.264. The largest absolute Gasteiger partial charge is 0.438 e. The number of fused-ring (bicyclic) bond motifs is 1. The Labute approximate surface area is 222 Å². The molecule has 38 heavy (non-hydrogen) atoms. The maximum Gasteiger partial charge on any atom is 0.361 e. The first-order valence-electron chi connectivity index (χ1n) is 12.2. The van der Waals surface area contributed by atoms with Crippen LogP contribution in [-0.4, -0.2) is 57.0 Å². The highest BCUT2D eigenvalue weighted by Gasteiger charge is 2.63.